The van der Waals surface area contributed by atoms with Gasteiger partial charge in [0.25, 0.3) is 5.91 Å². The monoisotopic (exact) mass is 336 g/mol. The average molecular weight is 336 g/mol. The summed E-state index contributed by atoms with van der Waals surface area (Å²) in [6.07, 6.45) is 2.84. The minimum absolute atomic E-state index is 0.285. The number of nitrogens with zero attached hydrogens (tertiary/aromatic N) is 2. The van der Waals surface area contributed by atoms with Crippen molar-refractivity contribution in [1.29, 1.82) is 0 Å². The third kappa shape index (κ3) is 4.17. The molecule has 0 radical (unpaired) electrons. The number of carbonyl (C=O) groups excluding carboxylic acids is 1. The number of halogens is 1. The number of aryl methyl sites for hydroxylation is 2. The predicted octanol–water partition coefficient (Wildman–Crippen LogP) is 4.23. The Kier molecular flexibility index (Phi) is 4.70. The molecular weight excluding hydrogens is 319 g/mol. The molecule has 0 unspecified atom stereocenters. The minimum Gasteiger partial charge on any atom is -0.324 e. The van der Waals surface area contributed by atoms with E-state index in [1.165, 1.54) is 24.5 Å². The van der Waals surface area contributed by atoms with Crippen molar-refractivity contribution in [3.05, 3.63) is 77.4 Å². The van der Waals surface area contributed by atoms with Gasteiger partial charge in [-0.1, -0.05) is 12.1 Å². The van der Waals surface area contributed by atoms with Crippen LogP contribution in [0.15, 0.2) is 54.9 Å². The highest BCUT2D eigenvalue weighted by Gasteiger charge is 2.08. The van der Waals surface area contributed by atoms with Crippen molar-refractivity contribution < 1.29 is 9.18 Å². The molecule has 1 amide bonds. The smallest absolute Gasteiger partial charge is 0.258 e. The molecule has 126 valence electrons. The first kappa shape index (κ1) is 16.6. The minimum atomic E-state index is -0.352. The molecule has 0 saturated heterocycles. The highest BCUT2D eigenvalue weighted by atomic mass is 19.1. The van der Waals surface area contributed by atoms with Gasteiger partial charge in [0.1, 0.15) is 5.82 Å². The summed E-state index contributed by atoms with van der Waals surface area (Å²) in [5, 5.41) is 5.69. The van der Waals surface area contributed by atoms with E-state index in [-0.39, 0.29) is 17.7 Å². The molecule has 0 saturated carbocycles. The zero-order valence-electron chi connectivity index (χ0n) is 13.9. The van der Waals surface area contributed by atoms with E-state index >= 15 is 0 Å². The summed E-state index contributed by atoms with van der Waals surface area (Å²) in [7, 11) is 0. The lowest BCUT2D eigenvalue weighted by molar-refractivity contribution is 0.102. The van der Waals surface area contributed by atoms with Crippen molar-refractivity contribution in [2.75, 3.05) is 10.6 Å². The Morgan fingerprint density at radius 1 is 0.960 bits per heavy atom. The number of amides is 1. The van der Waals surface area contributed by atoms with E-state index in [1.54, 1.807) is 12.1 Å². The second-order valence-electron chi connectivity index (χ2n) is 5.68. The average Bonchev–Trinajstić information content (AvgIpc) is 2.59. The van der Waals surface area contributed by atoms with Crippen LogP contribution in [-0.4, -0.2) is 15.9 Å². The molecule has 0 aliphatic heterocycles. The van der Waals surface area contributed by atoms with E-state index in [9.17, 15) is 9.18 Å². The fourth-order valence-corrected chi connectivity index (χ4v) is 2.23. The first-order valence-corrected chi connectivity index (χ1v) is 7.74. The maximum atomic E-state index is 13.2. The Labute approximate surface area is 145 Å². The molecule has 0 spiro atoms. The SMILES string of the molecule is Cc1ccc(NC(=O)c2cnc(Nc3cccc(F)c3)nc2)cc1C. The summed E-state index contributed by atoms with van der Waals surface area (Å²) in [6.45, 7) is 4.00. The lowest BCUT2D eigenvalue weighted by Crippen LogP contribution is -2.13. The van der Waals surface area contributed by atoms with Gasteiger partial charge in [-0.15, -0.1) is 0 Å². The van der Waals surface area contributed by atoms with Crippen LogP contribution in [-0.2, 0) is 0 Å². The topological polar surface area (TPSA) is 66.9 Å². The van der Waals surface area contributed by atoms with E-state index < -0.39 is 0 Å². The van der Waals surface area contributed by atoms with Gasteiger partial charge in [0.2, 0.25) is 5.95 Å². The molecule has 0 fully saturated rings. The van der Waals surface area contributed by atoms with E-state index in [0.29, 0.717) is 11.3 Å². The molecule has 0 bridgehead atoms. The van der Waals surface area contributed by atoms with Crippen molar-refractivity contribution >= 4 is 23.2 Å². The molecule has 3 rings (SSSR count). The Bertz CT molecular complexity index is 910. The van der Waals surface area contributed by atoms with E-state index in [0.717, 1.165) is 16.8 Å². The number of anilines is 3. The molecule has 25 heavy (non-hydrogen) atoms. The highest BCUT2D eigenvalue weighted by Crippen LogP contribution is 2.16. The predicted molar refractivity (Wildman–Crippen MR) is 95.6 cm³/mol. The Morgan fingerprint density at radius 3 is 2.40 bits per heavy atom. The number of aromatic nitrogens is 2. The van der Waals surface area contributed by atoms with Gasteiger partial charge in [0.15, 0.2) is 0 Å². The van der Waals surface area contributed by atoms with Gasteiger partial charge in [0.05, 0.1) is 5.56 Å². The van der Waals surface area contributed by atoms with Crippen molar-refractivity contribution in [3.63, 3.8) is 0 Å². The molecule has 0 aliphatic rings. The zero-order valence-corrected chi connectivity index (χ0v) is 13.9. The number of nitrogens with one attached hydrogen (secondary N) is 2. The van der Waals surface area contributed by atoms with Crippen LogP contribution in [0.3, 0.4) is 0 Å². The van der Waals surface area contributed by atoms with Crippen molar-refractivity contribution in [2.24, 2.45) is 0 Å². The van der Waals surface area contributed by atoms with Crippen LogP contribution in [0.2, 0.25) is 0 Å². The fourth-order valence-electron chi connectivity index (χ4n) is 2.23. The highest BCUT2D eigenvalue weighted by molar-refractivity contribution is 6.03. The van der Waals surface area contributed by atoms with Crippen LogP contribution in [0.25, 0.3) is 0 Å². The molecule has 1 aromatic heterocycles. The zero-order chi connectivity index (χ0) is 17.8. The van der Waals surface area contributed by atoms with Gasteiger partial charge in [-0.2, -0.15) is 0 Å². The third-order valence-corrected chi connectivity index (χ3v) is 3.76. The molecule has 5 nitrogen and oxygen atoms in total. The number of carbonyl (C=O) groups is 1. The van der Waals surface area contributed by atoms with Crippen LogP contribution >= 0.6 is 0 Å². The molecule has 3 aromatic rings. The Morgan fingerprint density at radius 2 is 1.72 bits per heavy atom. The molecular formula is C19H17FN4O. The summed E-state index contributed by atoms with van der Waals surface area (Å²) in [5.41, 5.74) is 3.85. The van der Waals surface area contributed by atoms with Crippen LogP contribution in [0.4, 0.5) is 21.7 Å². The summed E-state index contributed by atoms with van der Waals surface area (Å²) >= 11 is 0. The molecule has 6 heteroatoms. The normalized spacial score (nSPS) is 10.4. The maximum absolute atomic E-state index is 13.2. The van der Waals surface area contributed by atoms with Crippen LogP contribution in [0.1, 0.15) is 21.5 Å². The van der Waals surface area contributed by atoms with Crippen LogP contribution < -0.4 is 10.6 Å². The third-order valence-electron chi connectivity index (χ3n) is 3.76. The lowest BCUT2D eigenvalue weighted by Gasteiger charge is -2.08. The number of hydrogen-bond donors (Lipinski definition) is 2. The van der Waals surface area contributed by atoms with Gasteiger partial charge in [0, 0.05) is 23.8 Å². The second kappa shape index (κ2) is 7.09. The first-order chi connectivity index (χ1) is 12.0. The number of rotatable bonds is 4. The van der Waals surface area contributed by atoms with E-state index in [4.69, 9.17) is 0 Å². The van der Waals surface area contributed by atoms with Gasteiger partial charge >= 0.3 is 0 Å². The Hall–Kier alpha value is -3.28. The summed E-state index contributed by atoms with van der Waals surface area (Å²) in [5.74, 6) is -0.358. The molecule has 2 aromatic carbocycles. The summed E-state index contributed by atoms with van der Waals surface area (Å²) in [6, 6.07) is 11.7. The number of hydrogen-bond acceptors (Lipinski definition) is 4. The molecule has 0 atom stereocenters. The van der Waals surface area contributed by atoms with E-state index in [1.807, 2.05) is 32.0 Å². The van der Waals surface area contributed by atoms with Gasteiger partial charge in [-0.3, -0.25) is 4.79 Å². The quantitative estimate of drug-likeness (QED) is 0.748. The summed E-state index contributed by atoms with van der Waals surface area (Å²) < 4.78 is 13.2. The summed E-state index contributed by atoms with van der Waals surface area (Å²) in [4.78, 5) is 20.4. The molecule has 2 N–H and O–H groups in total. The first-order valence-electron chi connectivity index (χ1n) is 7.74. The largest absolute Gasteiger partial charge is 0.324 e. The van der Waals surface area contributed by atoms with Gasteiger partial charge < -0.3 is 10.6 Å². The fraction of sp³-hybridized carbons (Fsp3) is 0.105. The molecule has 1 heterocycles. The van der Waals surface area contributed by atoms with Gasteiger partial charge in [-0.25, -0.2) is 14.4 Å². The standard InChI is InChI=1S/C19H17FN4O/c1-12-6-7-17(8-13(12)2)23-18(25)14-10-21-19(22-11-14)24-16-5-3-4-15(20)9-16/h3-11H,1-2H3,(H,23,25)(H,21,22,24). The number of benzene rings is 2. The molecule has 0 aliphatic carbocycles. The van der Waals surface area contributed by atoms with Crippen molar-refractivity contribution in [2.45, 2.75) is 13.8 Å². The van der Waals surface area contributed by atoms with Crippen LogP contribution in [0, 0.1) is 19.7 Å². The Balaban J connectivity index is 1.68. The maximum Gasteiger partial charge on any atom is 0.258 e. The van der Waals surface area contributed by atoms with Gasteiger partial charge in [-0.05, 0) is 55.3 Å². The van der Waals surface area contributed by atoms with Crippen molar-refractivity contribution in [1.82, 2.24) is 9.97 Å². The lowest BCUT2D eigenvalue weighted by atomic mass is 10.1. The van der Waals surface area contributed by atoms with Crippen molar-refractivity contribution in [3.8, 4) is 0 Å². The second-order valence-corrected chi connectivity index (χ2v) is 5.68. The van der Waals surface area contributed by atoms with E-state index in [2.05, 4.69) is 20.6 Å². The van der Waals surface area contributed by atoms with Crippen LogP contribution in [0.5, 0.6) is 0 Å².